The van der Waals surface area contributed by atoms with Crippen molar-refractivity contribution in [3.05, 3.63) is 114 Å². The van der Waals surface area contributed by atoms with Gasteiger partial charge in [-0.25, -0.2) is 9.69 Å². The van der Waals surface area contributed by atoms with E-state index in [1.54, 1.807) is 42.5 Å². The molecule has 192 valence electrons. The maximum absolute atomic E-state index is 13.1. The second-order valence-corrected chi connectivity index (χ2v) is 8.06. The second kappa shape index (κ2) is 12.3. The van der Waals surface area contributed by atoms with Crippen LogP contribution in [0.25, 0.3) is 6.08 Å². The highest BCUT2D eigenvalue weighted by Crippen LogP contribution is 2.38. The van der Waals surface area contributed by atoms with Gasteiger partial charge in [0.2, 0.25) is 5.75 Å². The molecule has 7 nitrogen and oxygen atoms in total. The van der Waals surface area contributed by atoms with E-state index in [2.05, 4.69) is 0 Å². The first-order chi connectivity index (χ1) is 18.5. The van der Waals surface area contributed by atoms with Crippen LogP contribution >= 0.6 is 0 Å². The van der Waals surface area contributed by atoms with Gasteiger partial charge in [-0.3, -0.25) is 4.79 Å². The fourth-order valence-corrected chi connectivity index (χ4v) is 3.81. The van der Waals surface area contributed by atoms with E-state index in [1.165, 1.54) is 32.3 Å². The molecule has 0 radical (unpaired) electrons. The lowest BCUT2D eigenvalue weighted by Crippen LogP contribution is -2.29. The van der Waals surface area contributed by atoms with Crippen LogP contribution in [0.1, 0.15) is 15.9 Å². The second-order valence-electron chi connectivity index (χ2n) is 8.06. The molecule has 0 N–H and O–H groups in total. The van der Waals surface area contributed by atoms with Crippen molar-refractivity contribution in [3.63, 3.8) is 0 Å². The number of carbonyl (C=O) groups excluding carboxylic acids is 2. The molecule has 1 amide bonds. The molecule has 4 aromatic rings. The minimum Gasteiger partial charge on any atom is -0.493 e. The van der Waals surface area contributed by atoms with Crippen LogP contribution in [-0.4, -0.2) is 33.2 Å². The van der Waals surface area contributed by atoms with Gasteiger partial charge in [0.25, 0.3) is 0 Å². The standard InChI is InChI=1S/C31H27NO6/c1-35-28-20-22(21-29(36-2)30(28)37-3)14-19-27(33)23-15-17-26(18-16-23)38-31(34)32(24-10-6-4-7-11-24)25-12-8-5-9-13-25/h4-21H,1-3H3/b19-14+. The summed E-state index contributed by atoms with van der Waals surface area (Å²) in [7, 11) is 4.59. The number of anilines is 2. The van der Waals surface area contributed by atoms with Gasteiger partial charge in [-0.15, -0.1) is 0 Å². The first-order valence-electron chi connectivity index (χ1n) is 11.8. The van der Waals surface area contributed by atoms with Crippen LogP contribution in [0.3, 0.4) is 0 Å². The van der Waals surface area contributed by atoms with Crippen molar-refractivity contribution < 1.29 is 28.5 Å². The molecule has 4 rings (SSSR count). The Labute approximate surface area is 221 Å². The molecular weight excluding hydrogens is 482 g/mol. The zero-order chi connectivity index (χ0) is 26.9. The molecule has 0 aliphatic carbocycles. The van der Waals surface area contributed by atoms with Crippen molar-refractivity contribution in [2.24, 2.45) is 0 Å². The molecule has 0 aliphatic rings. The van der Waals surface area contributed by atoms with Gasteiger partial charge < -0.3 is 18.9 Å². The van der Waals surface area contributed by atoms with E-state index in [0.29, 0.717) is 45.5 Å². The monoisotopic (exact) mass is 509 g/mol. The first kappa shape index (κ1) is 26.0. The number of carbonyl (C=O) groups is 2. The Bertz CT molecular complexity index is 1350. The number of methoxy groups -OCH3 is 3. The number of allylic oxidation sites excluding steroid dienone is 1. The van der Waals surface area contributed by atoms with Crippen molar-refractivity contribution in [2.45, 2.75) is 0 Å². The van der Waals surface area contributed by atoms with E-state index >= 15 is 0 Å². The summed E-state index contributed by atoms with van der Waals surface area (Å²) in [6.07, 6.45) is 2.55. The topological polar surface area (TPSA) is 74.3 Å². The van der Waals surface area contributed by atoms with E-state index in [4.69, 9.17) is 18.9 Å². The third-order valence-corrected chi connectivity index (χ3v) is 5.67. The molecular formula is C31H27NO6. The summed E-state index contributed by atoms with van der Waals surface area (Å²) < 4.78 is 21.7. The van der Waals surface area contributed by atoms with Crippen LogP contribution in [-0.2, 0) is 0 Å². The lowest BCUT2D eigenvalue weighted by atomic mass is 10.1. The van der Waals surface area contributed by atoms with Crippen LogP contribution in [0, 0.1) is 0 Å². The molecule has 0 saturated heterocycles. The van der Waals surface area contributed by atoms with E-state index < -0.39 is 6.09 Å². The van der Waals surface area contributed by atoms with Crippen molar-refractivity contribution in [1.82, 2.24) is 0 Å². The van der Waals surface area contributed by atoms with Gasteiger partial charge in [-0.2, -0.15) is 0 Å². The quantitative estimate of drug-likeness (QED) is 0.180. The van der Waals surface area contributed by atoms with E-state index in [0.717, 1.165) is 0 Å². The van der Waals surface area contributed by atoms with E-state index in [-0.39, 0.29) is 5.78 Å². The highest BCUT2D eigenvalue weighted by atomic mass is 16.6. The fraction of sp³-hybridized carbons (Fsp3) is 0.0968. The predicted octanol–water partition coefficient (Wildman–Crippen LogP) is 6.95. The normalized spacial score (nSPS) is 10.6. The molecule has 38 heavy (non-hydrogen) atoms. The molecule has 4 aromatic carbocycles. The minimum atomic E-state index is -0.566. The molecule has 0 bridgehead atoms. The minimum absolute atomic E-state index is 0.216. The van der Waals surface area contributed by atoms with Crippen molar-refractivity contribution >= 4 is 29.3 Å². The highest BCUT2D eigenvalue weighted by Gasteiger charge is 2.20. The number of benzene rings is 4. The maximum atomic E-state index is 13.1. The number of amides is 1. The molecule has 0 heterocycles. The average molecular weight is 510 g/mol. The third-order valence-electron chi connectivity index (χ3n) is 5.67. The Kier molecular flexibility index (Phi) is 8.41. The number of para-hydroxylation sites is 2. The van der Waals surface area contributed by atoms with Gasteiger partial charge in [0.05, 0.1) is 32.7 Å². The molecule has 0 saturated carbocycles. The summed E-state index contributed by atoms with van der Waals surface area (Å²) >= 11 is 0. The largest absolute Gasteiger partial charge is 0.493 e. The lowest BCUT2D eigenvalue weighted by molar-refractivity contribution is 0.104. The first-order valence-corrected chi connectivity index (χ1v) is 11.8. The number of ketones is 1. The summed E-state index contributed by atoms with van der Waals surface area (Å²) in [5.74, 6) is 1.56. The summed E-state index contributed by atoms with van der Waals surface area (Å²) in [5, 5.41) is 0. The molecule has 0 aliphatic heterocycles. The Morgan fingerprint density at radius 3 is 1.68 bits per heavy atom. The zero-order valence-electron chi connectivity index (χ0n) is 21.3. The number of hydrogen-bond donors (Lipinski definition) is 0. The van der Waals surface area contributed by atoms with Crippen LogP contribution in [0.4, 0.5) is 16.2 Å². The smallest absolute Gasteiger partial charge is 0.424 e. The molecule has 0 fully saturated rings. The van der Waals surface area contributed by atoms with Crippen LogP contribution in [0.5, 0.6) is 23.0 Å². The number of ether oxygens (including phenoxy) is 4. The molecule has 0 unspecified atom stereocenters. The lowest BCUT2D eigenvalue weighted by Gasteiger charge is -2.22. The van der Waals surface area contributed by atoms with E-state index in [9.17, 15) is 9.59 Å². The van der Waals surface area contributed by atoms with Gasteiger partial charge in [-0.1, -0.05) is 42.5 Å². The SMILES string of the molecule is COc1cc(/C=C/C(=O)c2ccc(OC(=O)N(c3ccccc3)c3ccccc3)cc2)cc(OC)c1OC. The van der Waals surface area contributed by atoms with Crippen LogP contribution in [0.2, 0.25) is 0 Å². The fourth-order valence-electron chi connectivity index (χ4n) is 3.81. The van der Waals surface area contributed by atoms with Crippen LogP contribution < -0.4 is 23.8 Å². The van der Waals surface area contributed by atoms with Gasteiger partial charge in [0.1, 0.15) is 5.75 Å². The Morgan fingerprint density at radius 2 is 1.21 bits per heavy atom. The van der Waals surface area contributed by atoms with Crippen molar-refractivity contribution in [2.75, 3.05) is 26.2 Å². The average Bonchev–Trinajstić information content (AvgIpc) is 2.96. The Balaban J connectivity index is 1.48. The summed E-state index contributed by atoms with van der Waals surface area (Å²) in [4.78, 5) is 27.4. The molecule has 0 atom stereocenters. The zero-order valence-corrected chi connectivity index (χ0v) is 21.3. The summed E-state index contributed by atoms with van der Waals surface area (Å²) in [6, 6.07) is 28.4. The third kappa shape index (κ3) is 6.02. The maximum Gasteiger partial charge on any atom is 0.424 e. The number of nitrogens with zero attached hydrogens (tertiary/aromatic N) is 1. The van der Waals surface area contributed by atoms with Crippen molar-refractivity contribution in [1.29, 1.82) is 0 Å². The van der Waals surface area contributed by atoms with Gasteiger partial charge in [0, 0.05) is 5.56 Å². The predicted molar refractivity (Wildman–Crippen MR) is 147 cm³/mol. The molecule has 0 spiro atoms. The summed E-state index contributed by atoms with van der Waals surface area (Å²) in [6.45, 7) is 0. The highest BCUT2D eigenvalue weighted by molar-refractivity contribution is 6.07. The Morgan fingerprint density at radius 1 is 0.684 bits per heavy atom. The van der Waals surface area contributed by atoms with Gasteiger partial charge in [-0.05, 0) is 72.3 Å². The van der Waals surface area contributed by atoms with E-state index in [1.807, 2.05) is 60.7 Å². The number of hydrogen-bond acceptors (Lipinski definition) is 6. The summed E-state index contributed by atoms with van der Waals surface area (Å²) in [5.41, 5.74) is 2.50. The van der Waals surface area contributed by atoms with Gasteiger partial charge >= 0.3 is 6.09 Å². The van der Waals surface area contributed by atoms with Gasteiger partial charge in [0.15, 0.2) is 17.3 Å². The molecule has 7 heteroatoms. The van der Waals surface area contributed by atoms with Crippen LogP contribution in [0.15, 0.2) is 103 Å². The molecule has 0 aromatic heterocycles. The number of rotatable bonds is 9. The Hall–Kier alpha value is -5.04. The van der Waals surface area contributed by atoms with Crippen molar-refractivity contribution in [3.8, 4) is 23.0 Å².